The van der Waals surface area contributed by atoms with E-state index in [0.29, 0.717) is 16.8 Å². The van der Waals surface area contributed by atoms with Crippen LogP contribution in [0.2, 0.25) is 0 Å². The summed E-state index contributed by atoms with van der Waals surface area (Å²) in [6, 6.07) is 6.83. The number of sulfonamides is 1. The maximum Gasteiger partial charge on any atom is 0.238 e. The number of rotatable bonds is 6. The summed E-state index contributed by atoms with van der Waals surface area (Å²) in [7, 11) is 0.386. The Morgan fingerprint density at radius 3 is 2.32 bits per heavy atom. The number of hydrogen-bond donors (Lipinski definition) is 4. The second-order valence-electron chi connectivity index (χ2n) is 9.26. The topological polar surface area (TPSA) is 125 Å². The molecule has 4 rings (SSSR count). The van der Waals surface area contributed by atoms with E-state index in [9.17, 15) is 8.42 Å². The zero-order valence-corrected chi connectivity index (χ0v) is 21.3. The minimum absolute atomic E-state index is 0.0726. The first kappa shape index (κ1) is 24.6. The molecule has 1 heterocycles. The normalized spacial score (nSPS) is 20.2. The molecule has 1 aromatic carbocycles. The van der Waals surface area contributed by atoms with Crippen LogP contribution in [0.3, 0.4) is 0 Å². The molecule has 2 aromatic rings. The zero-order chi connectivity index (χ0) is 24.3. The first-order chi connectivity index (χ1) is 16.2. The Kier molecular flexibility index (Phi) is 7.54. The summed E-state index contributed by atoms with van der Waals surface area (Å²) >= 11 is 5.45. The minimum atomic E-state index is -3.70. The average Bonchev–Trinajstić information content (AvgIpc) is 2.79. The van der Waals surface area contributed by atoms with Crippen LogP contribution in [0.4, 0.5) is 17.5 Å². The van der Waals surface area contributed by atoms with Gasteiger partial charge in [-0.1, -0.05) is 0 Å². The smallest absolute Gasteiger partial charge is 0.238 e. The molecule has 0 aliphatic heterocycles. The van der Waals surface area contributed by atoms with Crippen LogP contribution in [0.1, 0.15) is 49.8 Å². The Bertz CT molecular complexity index is 1130. The quantitative estimate of drug-likeness (QED) is 0.440. The highest BCUT2D eigenvalue weighted by atomic mass is 32.2. The Balaban J connectivity index is 1.28. The number of primary sulfonamides is 1. The third-order valence-corrected chi connectivity index (χ3v) is 7.57. The summed E-state index contributed by atoms with van der Waals surface area (Å²) in [5, 5.41) is 15.7. The molecule has 0 amide bonds. The van der Waals surface area contributed by atoms with Crippen LogP contribution in [-0.2, 0) is 22.9 Å². The molecule has 2 aliphatic carbocycles. The number of benzene rings is 1. The lowest BCUT2D eigenvalue weighted by molar-refractivity contribution is 0.387. The molecule has 5 N–H and O–H groups in total. The van der Waals surface area contributed by atoms with Gasteiger partial charge in [-0.25, -0.2) is 18.5 Å². The van der Waals surface area contributed by atoms with E-state index < -0.39 is 10.0 Å². The molecule has 0 atom stereocenters. The van der Waals surface area contributed by atoms with E-state index in [1.807, 2.05) is 14.1 Å². The Morgan fingerprint density at radius 1 is 1.03 bits per heavy atom. The van der Waals surface area contributed by atoms with E-state index in [2.05, 4.69) is 20.9 Å². The molecule has 1 fully saturated rings. The Hall–Kier alpha value is -2.50. The first-order valence-corrected chi connectivity index (χ1v) is 13.7. The summed E-state index contributed by atoms with van der Waals surface area (Å²) in [4.78, 5) is 11.8. The molecule has 11 heteroatoms. The number of nitrogens with one attached hydrogen (secondary N) is 3. The summed E-state index contributed by atoms with van der Waals surface area (Å²) in [6.07, 6.45) is 8.45. The predicted molar refractivity (Wildman–Crippen MR) is 140 cm³/mol. The molecule has 0 unspecified atom stereocenters. The van der Waals surface area contributed by atoms with E-state index in [4.69, 9.17) is 27.3 Å². The van der Waals surface area contributed by atoms with Gasteiger partial charge >= 0.3 is 0 Å². The van der Waals surface area contributed by atoms with Crippen molar-refractivity contribution in [3.63, 3.8) is 0 Å². The number of aryl methyl sites for hydroxylation is 1. The predicted octanol–water partition coefficient (Wildman–Crippen LogP) is 2.78. The largest absolute Gasteiger partial charge is 0.362 e. The van der Waals surface area contributed by atoms with E-state index >= 15 is 0 Å². The van der Waals surface area contributed by atoms with Crippen molar-refractivity contribution in [2.75, 3.05) is 29.6 Å². The second kappa shape index (κ2) is 10.4. The van der Waals surface area contributed by atoms with Gasteiger partial charge in [-0.15, -0.1) is 0 Å². The lowest BCUT2D eigenvalue weighted by atomic mass is 9.91. The lowest BCUT2D eigenvalue weighted by Crippen LogP contribution is -2.42. The highest BCUT2D eigenvalue weighted by Gasteiger charge is 2.24. The van der Waals surface area contributed by atoms with Gasteiger partial charge in [0, 0.05) is 37.4 Å². The van der Waals surface area contributed by atoms with Gasteiger partial charge in [-0.05, 0) is 87.8 Å². The number of aromatic nitrogens is 2. The maximum absolute atomic E-state index is 11.4. The molecule has 34 heavy (non-hydrogen) atoms. The summed E-state index contributed by atoms with van der Waals surface area (Å²) in [5.41, 5.74) is 3.20. The van der Waals surface area contributed by atoms with Crippen molar-refractivity contribution in [1.29, 1.82) is 0 Å². The fourth-order valence-electron chi connectivity index (χ4n) is 4.65. The zero-order valence-electron chi connectivity index (χ0n) is 19.7. The summed E-state index contributed by atoms with van der Waals surface area (Å²) < 4.78 is 22.8. The third-order valence-electron chi connectivity index (χ3n) is 6.42. The number of anilines is 3. The van der Waals surface area contributed by atoms with Crippen LogP contribution < -0.4 is 26.0 Å². The first-order valence-electron chi connectivity index (χ1n) is 11.7. The van der Waals surface area contributed by atoms with E-state index in [1.165, 1.54) is 36.2 Å². The molecule has 0 bridgehead atoms. The summed E-state index contributed by atoms with van der Waals surface area (Å²) in [5.74, 6) is 1.77. The molecule has 0 radical (unpaired) electrons. The Morgan fingerprint density at radius 2 is 1.68 bits per heavy atom. The van der Waals surface area contributed by atoms with Crippen LogP contribution in [0.5, 0.6) is 0 Å². The van der Waals surface area contributed by atoms with Crippen molar-refractivity contribution in [1.82, 2.24) is 15.3 Å². The van der Waals surface area contributed by atoms with Crippen molar-refractivity contribution in [2.45, 2.75) is 68.3 Å². The van der Waals surface area contributed by atoms with Gasteiger partial charge in [0.15, 0.2) is 5.11 Å². The molecule has 1 aromatic heterocycles. The molecule has 1 saturated carbocycles. The maximum atomic E-state index is 11.4. The number of hydrogen-bond acceptors (Lipinski definition) is 7. The minimum Gasteiger partial charge on any atom is -0.362 e. The molecule has 0 spiro atoms. The van der Waals surface area contributed by atoms with E-state index in [1.54, 1.807) is 12.1 Å². The fraction of sp³-hybridized carbons (Fsp3) is 0.522. The number of thiocarbonyl (C=S) groups is 1. The number of nitrogens with zero attached hydrogens (tertiary/aromatic N) is 3. The SMILES string of the molecule is CN(C)c1nc(NC2CCC(NC(=S)Nc3ccc(S(N)(=O)=O)cc3)CC2)nc2c1CCCC2. The van der Waals surface area contributed by atoms with Gasteiger partial charge in [0.2, 0.25) is 16.0 Å². The molecular formula is C23H33N7O2S2. The van der Waals surface area contributed by atoms with E-state index in [0.717, 1.165) is 50.3 Å². The molecular weight excluding hydrogens is 470 g/mol. The van der Waals surface area contributed by atoms with Crippen molar-refractivity contribution < 1.29 is 8.42 Å². The van der Waals surface area contributed by atoms with Gasteiger partial charge < -0.3 is 20.9 Å². The van der Waals surface area contributed by atoms with Gasteiger partial charge in [-0.3, -0.25) is 0 Å². The van der Waals surface area contributed by atoms with Gasteiger partial charge in [0.1, 0.15) is 5.82 Å². The second-order valence-corrected chi connectivity index (χ2v) is 11.2. The van der Waals surface area contributed by atoms with Crippen molar-refractivity contribution in [3.05, 3.63) is 35.5 Å². The highest BCUT2D eigenvalue weighted by Crippen LogP contribution is 2.29. The van der Waals surface area contributed by atoms with Crippen LogP contribution in [0.25, 0.3) is 0 Å². The standard InChI is InChI=1S/C23H33N7O2S2/c1-30(2)21-19-5-3-4-6-20(19)28-22(29-21)25-15-7-9-16(10-8-15)26-23(33)27-17-11-13-18(14-12-17)34(24,31)32/h11-16H,3-10H2,1-2H3,(H2,24,31,32)(H,25,28,29)(H2,26,27,33). The van der Waals surface area contributed by atoms with Crippen LogP contribution in [0.15, 0.2) is 29.2 Å². The van der Waals surface area contributed by atoms with Crippen molar-refractivity contribution >= 4 is 44.8 Å². The fourth-order valence-corrected chi connectivity index (χ4v) is 5.45. The number of fused-ring (bicyclic) bond motifs is 1. The van der Waals surface area contributed by atoms with Crippen molar-refractivity contribution in [2.24, 2.45) is 5.14 Å². The number of nitrogens with two attached hydrogens (primary N) is 1. The molecule has 184 valence electrons. The third kappa shape index (κ3) is 6.13. The average molecular weight is 504 g/mol. The van der Waals surface area contributed by atoms with E-state index in [-0.39, 0.29) is 10.9 Å². The van der Waals surface area contributed by atoms with Gasteiger partial charge in [-0.2, -0.15) is 4.98 Å². The Labute approximate surface area is 207 Å². The lowest BCUT2D eigenvalue weighted by Gasteiger charge is -2.31. The van der Waals surface area contributed by atoms with Crippen LogP contribution in [-0.4, -0.2) is 49.7 Å². The van der Waals surface area contributed by atoms with Gasteiger partial charge in [0.05, 0.1) is 10.6 Å². The van der Waals surface area contributed by atoms with Gasteiger partial charge in [0.25, 0.3) is 0 Å². The molecule has 2 aliphatic rings. The van der Waals surface area contributed by atoms with Crippen LogP contribution in [0, 0.1) is 0 Å². The molecule has 9 nitrogen and oxygen atoms in total. The molecule has 0 saturated heterocycles. The highest BCUT2D eigenvalue weighted by molar-refractivity contribution is 7.89. The van der Waals surface area contributed by atoms with Crippen molar-refractivity contribution in [3.8, 4) is 0 Å². The monoisotopic (exact) mass is 503 g/mol. The summed E-state index contributed by atoms with van der Waals surface area (Å²) in [6.45, 7) is 0. The van der Waals surface area contributed by atoms with Crippen LogP contribution >= 0.6 is 12.2 Å².